The van der Waals surface area contributed by atoms with Crippen molar-refractivity contribution in [3.8, 4) is 5.82 Å². The van der Waals surface area contributed by atoms with Gasteiger partial charge in [0.05, 0.1) is 11.9 Å². The second kappa shape index (κ2) is 5.69. The Kier molecular flexibility index (Phi) is 3.58. The second-order valence-corrected chi connectivity index (χ2v) is 4.85. The van der Waals surface area contributed by atoms with Crippen LogP contribution in [0.4, 0.5) is 5.69 Å². The Labute approximate surface area is 117 Å². The Morgan fingerprint density at radius 1 is 1.35 bits per heavy atom. The molecule has 0 aliphatic heterocycles. The molecule has 0 saturated carbocycles. The smallest absolute Gasteiger partial charge is 0.227 e. The number of aromatic nitrogens is 3. The molecule has 0 aromatic carbocycles. The van der Waals surface area contributed by atoms with Crippen molar-refractivity contribution in [2.75, 3.05) is 5.32 Å². The van der Waals surface area contributed by atoms with Crippen LogP contribution in [0.15, 0.2) is 49.2 Å². The van der Waals surface area contributed by atoms with Crippen molar-refractivity contribution >= 4 is 11.6 Å². The number of pyridine rings is 1. The maximum atomic E-state index is 12.1. The molecule has 1 atom stereocenters. The van der Waals surface area contributed by atoms with E-state index in [1.165, 1.54) is 0 Å². The molecule has 102 valence electrons. The lowest BCUT2D eigenvalue weighted by Gasteiger charge is -2.17. The summed E-state index contributed by atoms with van der Waals surface area (Å²) in [4.78, 5) is 20.4. The van der Waals surface area contributed by atoms with E-state index >= 15 is 0 Å². The summed E-state index contributed by atoms with van der Waals surface area (Å²) in [5.74, 6) is 0.931. The number of carbonyl (C=O) groups excluding carboxylic acids is 1. The largest absolute Gasteiger partial charge is 0.324 e. The molecule has 0 fully saturated rings. The lowest BCUT2D eigenvalue weighted by molar-refractivity contribution is -0.120. The molecule has 2 aromatic rings. The van der Waals surface area contributed by atoms with Crippen molar-refractivity contribution in [1.82, 2.24) is 14.5 Å². The number of hydrogen-bond donors (Lipinski definition) is 1. The van der Waals surface area contributed by atoms with Gasteiger partial charge in [-0.1, -0.05) is 12.2 Å². The highest BCUT2D eigenvalue weighted by Crippen LogP contribution is 2.20. The average Bonchev–Trinajstić information content (AvgIpc) is 3.03. The molecule has 0 bridgehead atoms. The summed E-state index contributed by atoms with van der Waals surface area (Å²) in [5.41, 5.74) is 0.730. The van der Waals surface area contributed by atoms with Gasteiger partial charge < -0.3 is 5.32 Å². The summed E-state index contributed by atoms with van der Waals surface area (Å²) in [6.45, 7) is 0. The van der Waals surface area contributed by atoms with Gasteiger partial charge >= 0.3 is 0 Å². The zero-order chi connectivity index (χ0) is 13.8. The molecule has 1 N–H and O–H groups in total. The molecule has 1 aliphatic carbocycles. The summed E-state index contributed by atoms with van der Waals surface area (Å²) in [5, 5.41) is 2.92. The van der Waals surface area contributed by atoms with E-state index in [9.17, 15) is 4.79 Å². The summed E-state index contributed by atoms with van der Waals surface area (Å²) in [7, 11) is 0. The van der Waals surface area contributed by atoms with Crippen molar-refractivity contribution in [3.63, 3.8) is 0 Å². The standard InChI is InChI=1S/C15H16N4O/c20-15(12-4-2-1-3-5-12)18-13-6-7-14(17-10-13)19-9-8-16-11-19/h1-2,6-12H,3-5H2,(H,18,20). The lowest BCUT2D eigenvalue weighted by atomic mass is 9.93. The minimum atomic E-state index is 0.0755. The average molecular weight is 268 g/mol. The van der Waals surface area contributed by atoms with E-state index in [1.807, 2.05) is 22.9 Å². The van der Waals surface area contributed by atoms with Crippen LogP contribution in [0.5, 0.6) is 0 Å². The fourth-order valence-electron chi connectivity index (χ4n) is 2.28. The number of amides is 1. The van der Waals surface area contributed by atoms with Crippen LogP contribution in [-0.2, 0) is 4.79 Å². The van der Waals surface area contributed by atoms with E-state index in [1.54, 1.807) is 18.7 Å². The van der Waals surface area contributed by atoms with Gasteiger partial charge in [-0.15, -0.1) is 0 Å². The first-order valence-electron chi connectivity index (χ1n) is 6.73. The second-order valence-electron chi connectivity index (χ2n) is 4.85. The lowest BCUT2D eigenvalue weighted by Crippen LogP contribution is -2.23. The molecule has 0 spiro atoms. The fourth-order valence-corrected chi connectivity index (χ4v) is 2.28. The van der Waals surface area contributed by atoms with E-state index in [2.05, 4.69) is 27.4 Å². The molecule has 0 saturated heterocycles. The summed E-state index contributed by atoms with van der Waals surface area (Å²) >= 11 is 0. The first-order chi connectivity index (χ1) is 9.83. The van der Waals surface area contributed by atoms with Crippen molar-refractivity contribution in [1.29, 1.82) is 0 Å². The van der Waals surface area contributed by atoms with Crippen LogP contribution in [0.3, 0.4) is 0 Å². The minimum absolute atomic E-state index is 0.0755. The van der Waals surface area contributed by atoms with Crippen LogP contribution >= 0.6 is 0 Å². The normalized spacial score (nSPS) is 17.9. The highest BCUT2D eigenvalue weighted by Gasteiger charge is 2.18. The van der Waals surface area contributed by atoms with Crippen LogP contribution in [-0.4, -0.2) is 20.4 Å². The Morgan fingerprint density at radius 3 is 2.95 bits per heavy atom. The number of rotatable bonds is 3. The molecule has 2 heterocycles. The van der Waals surface area contributed by atoms with Crippen molar-refractivity contribution in [2.24, 2.45) is 5.92 Å². The van der Waals surface area contributed by atoms with Gasteiger partial charge in [-0.25, -0.2) is 9.97 Å². The van der Waals surface area contributed by atoms with Crippen molar-refractivity contribution in [2.45, 2.75) is 19.3 Å². The predicted octanol–water partition coefficient (Wildman–Crippen LogP) is 2.56. The van der Waals surface area contributed by atoms with E-state index < -0.39 is 0 Å². The first-order valence-corrected chi connectivity index (χ1v) is 6.73. The number of carbonyl (C=O) groups is 1. The fraction of sp³-hybridized carbons (Fsp3) is 0.267. The quantitative estimate of drug-likeness (QED) is 0.870. The third kappa shape index (κ3) is 2.77. The Balaban J connectivity index is 1.66. The summed E-state index contributed by atoms with van der Waals surface area (Å²) < 4.78 is 1.82. The zero-order valence-electron chi connectivity index (χ0n) is 11.1. The molecule has 5 heteroatoms. The highest BCUT2D eigenvalue weighted by molar-refractivity contribution is 5.92. The molecular formula is C15H16N4O. The van der Waals surface area contributed by atoms with Crippen LogP contribution in [0.2, 0.25) is 0 Å². The summed E-state index contributed by atoms with van der Waals surface area (Å²) in [6, 6.07) is 3.72. The first kappa shape index (κ1) is 12.6. The Bertz CT molecular complexity index is 601. The van der Waals surface area contributed by atoms with Crippen LogP contribution in [0.1, 0.15) is 19.3 Å². The van der Waals surface area contributed by atoms with Crippen LogP contribution < -0.4 is 5.32 Å². The van der Waals surface area contributed by atoms with Crippen molar-refractivity contribution in [3.05, 3.63) is 49.2 Å². The third-order valence-electron chi connectivity index (χ3n) is 3.42. The monoisotopic (exact) mass is 268 g/mol. The molecule has 1 aliphatic rings. The number of allylic oxidation sites excluding steroid dienone is 2. The molecular weight excluding hydrogens is 252 g/mol. The van der Waals surface area contributed by atoms with E-state index in [-0.39, 0.29) is 11.8 Å². The molecule has 1 unspecified atom stereocenters. The van der Waals surface area contributed by atoms with E-state index in [4.69, 9.17) is 0 Å². The molecule has 2 aromatic heterocycles. The number of hydrogen-bond acceptors (Lipinski definition) is 3. The summed E-state index contributed by atoms with van der Waals surface area (Å²) in [6.07, 6.45) is 13.8. The van der Waals surface area contributed by atoms with Gasteiger partial charge in [0.2, 0.25) is 5.91 Å². The van der Waals surface area contributed by atoms with Crippen LogP contribution in [0, 0.1) is 5.92 Å². The maximum Gasteiger partial charge on any atom is 0.227 e. The Morgan fingerprint density at radius 2 is 2.30 bits per heavy atom. The van der Waals surface area contributed by atoms with Gasteiger partial charge in [-0.2, -0.15) is 0 Å². The highest BCUT2D eigenvalue weighted by atomic mass is 16.1. The molecule has 20 heavy (non-hydrogen) atoms. The van der Waals surface area contributed by atoms with E-state index in [0.717, 1.165) is 30.8 Å². The number of nitrogens with one attached hydrogen (secondary N) is 1. The maximum absolute atomic E-state index is 12.1. The predicted molar refractivity (Wildman–Crippen MR) is 76.5 cm³/mol. The van der Waals surface area contributed by atoms with Gasteiger partial charge in [-0.05, 0) is 31.4 Å². The number of nitrogens with zero attached hydrogens (tertiary/aromatic N) is 3. The van der Waals surface area contributed by atoms with Gasteiger partial charge in [-0.3, -0.25) is 9.36 Å². The zero-order valence-corrected chi connectivity index (χ0v) is 11.1. The molecule has 0 radical (unpaired) electrons. The van der Waals surface area contributed by atoms with Gasteiger partial charge in [0.15, 0.2) is 0 Å². The molecule has 5 nitrogen and oxygen atoms in total. The molecule has 1 amide bonds. The molecule has 3 rings (SSSR count). The number of imidazole rings is 1. The minimum Gasteiger partial charge on any atom is -0.324 e. The van der Waals surface area contributed by atoms with Crippen molar-refractivity contribution < 1.29 is 4.79 Å². The van der Waals surface area contributed by atoms with E-state index in [0.29, 0.717) is 0 Å². The third-order valence-corrected chi connectivity index (χ3v) is 3.42. The van der Waals surface area contributed by atoms with Crippen LogP contribution in [0.25, 0.3) is 5.82 Å². The number of anilines is 1. The Hall–Kier alpha value is -2.43. The van der Waals surface area contributed by atoms with Gasteiger partial charge in [0, 0.05) is 18.3 Å². The SMILES string of the molecule is O=C(Nc1ccc(-n2ccnc2)nc1)C1CC=CCC1. The topological polar surface area (TPSA) is 59.8 Å². The van der Waals surface area contributed by atoms with Gasteiger partial charge in [0.25, 0.3) is 0 Å². The van der Waals surface area contributed by atoms with Gasteiger partial charge in [0.1, 0.15) is 12.1 Å².